The molecule has 1 aromatic carbocycles. The summed E-state index contributed by atoms with van der Waals surface area (Å²) in [5.41, 5.74) is 1.44. The summed E-state index contributed by atoms with van der Waals surface area (Å²) in [7, 11) is 1.49. The van der Waals surface area contributed by atoms with Crippen LogP contribution in [0.25, 0.3) is 0 Å². The maximum Gasteiger partial charge on any atom is 0.261 e. The monoisotopic (exact) mass is 485 g/mol. The molecule has 0 spiro atoms. The summed E-state index contributed by atoms with van der Waals surface area (Å²) < 4.78 is 10.7. The van der Waals surface area contributed by atoms with Crippen LogP contribution >= 0.6 is 11.6 Å². The van der Waals surface area contributed by atoms with E-state index in [2.05, 4.69) is 24.1 Å². The highest BCUT2D eigenvalue weighted by molar-refractivity contribution is 6.32. The highest BCUT2D eigenvalue weighted by atomic mass is 35.5. The van der Waals surface area contributed by atoms with E-state index in [0.29, 0.717) is 11.4 Å². The van der Waals surface area contributed by atoms with Gasteiger partial charge in [-0.3, -0.25) is 14.4 Å². The van der Waals surface area contributed by atoms with Gasteiger partial charge in [0.05, 0.1) is 19.9 Å². The Bertz CT molecular complexity index is 1110. The molecule has 2 heterocycles. The molecule has 0 atom stereocenters. The normalized spacial score (nSPS) is 14.9. The Hall–Kier alpha value is -3.39. The molecule has 1 aromatic heterocycles. The van der Waals surface area contributed by atoms with Gasteiger partial charge in [-0.1, -0.05) is 49.7 Å². The molecule has 2 aromatic rings. The van der Waals surface area contributed by atoms with Crippen molar-refractivity contribution in [1.82, 2.24) is 9.88 Å². The maximum atomic E-state index is 13.8. The number of pyridine rings is 1. The van der Waals surface area contributed by atoms with E-state index in [0.717, 1.165) is 11.1 Å². The van der Waals surface area contributed by atoms with Crippen molar-refractivity contribution in [2.24, 2.45) is 0 Å². The number of ketones is 1. The molecule has 3 rings (SSSR count). The third-order valence-electron chi connectivity index (χ3n) is 5.73. The fourth-order valence-electron chi connectivity index (χ4n) is 4.08. The lowest BCUT2D eigenvalue weighted by molar-refractivity contribution is -0.130. The van der Waals surface area contributed by atoms with Gasteiger partial charge in [0, 0.05) is 25.4 Å². The predicted octanol–water partition coefficient (Wildman–Crippen LogP) is 3.71. The van der Waals surface area contributed by atoms with Gasteiger partial charge >= 0.3 is 0 Å². The van der Waals surface area contributed by atoms with Gasteiger partial charge < -0.3 is 19.7 Å². The predicted molar refractivity (Wildman–Crippen MR) is 129 cm³/mol. The van der Waals surface area contributed by atoms with Crippen LogP contribution in [0.15, 0.2) is 48.5 Å². The van der Waals surface area contributed by atoms with Gasteiger partial charge in [-0.25, -0.2) is 4.98 Å². The number of hydrogen-bond donors (Lipinski definition) is 1. The molecule has 1 amide bonds. The minimum absolute atomic E-state index is 0.0489. The summed E-state index contributed by atoms with van der Waals surface area (Å²) in [4.78, 5) is 42.5. The molecule has 0 aliphatic carbocycles. The number of anilines is 1. The Kier molecular flexibility index (Phi) is 7.94. The molecule has 1 N–H and O–H groups in total. The number of Topliss-reactive ketones (excluding diaryl/α,β-unsaturated/α-hetero) is 1. The van der Waals surface area contributed by atoms with Crippen LogP contribution in [0.1, 0.15) is 37.8 Å². The number of nitrogens with zero attached hydrogens (tertiary/aromatic N) is 2. The number of aldehydes is 1. The topological polar surface area (TPSA) is 97.8 Å². The fraction of sp³-hybridized carbons (Fsp3) is 0.360. The summed E-state index contributed by atoms with van der Waals surface area (Å²) in [5.74, 6) is -0.456. The number of allylic oxidation sites excluding steroid dienone is 1. The average Bonchev–Trinajstić information content (AvgIpc) is 2.80. The summed E-state index contributed by atoms with van der Waals surface area (Å²) in [6, 6.07) is 9.34. The van der Waals surface area contributed by atoms with Crippen LogP contribution in [-0.4, -0.2) is 54.7 Å². The number of likely N-dealkylation sites (tertiary alicyclic amines) is 1. The highest BCUT2D eigenvalue weighted by Crippen LogP contribution is 2.41. The Morgan fingerprint density at radius 1 is 1.29 bits per heavy atom. The number of hydrogen-bond acceptors (Lipinski definition) is 7. The molecule has 9 heteroatoms. The van der Waals surface area contributed by atoms with E-state index >= 15 is 0 Å². The zero-order chi connectivity index (χ0) is 24.9. The summed E-state index contributed by atoms with van der Waals surface area (Å²) >= 11 is 5.96. The Morgan fingerprint density at radius 2 is 2.00 bits per heavy atom. The van der Waals surface area contributed by atoms with Gasteiger partial charge in [0.2, 0.25) is 5.91 Å². The van der Waals surface area contributed by atoms with Gasteiger partial charge in [-0.2, -0.15) is 0 Å². The van der Waals surface area contributed by atoms with Gasteiger partial charge in [-0.05, 0) is 24.0 Å². The van der Waals surface area contributed by atoms with Crippen LogP contribution in [0.5, 0.6) is 5.75 Å². The molecule has 1 aliphatic heterocycles. The first kappa shape index (κ1) is 25.2. The molecular weight excluding hydrogens is 458 g/mol. The molecule has 0 unspecified atom stereocenters. The number of benzene rings is 1. The van der Waals surface area contributed by atoms with Gasteiger partial charge in [0.15, 0.2) is 12.0 Å². The van der Waals surface area contributed by atoms with Crippen LogP contribution < -0.4 is 10.1 Å². The van der Waals surface area contributed by atoms with Crippen molar-refractivity contribution >= 4 is 35.3 Å². The third kappa shape index (κ3) is 5.07. The standard InChI is InChI=1S/C25H28ClN3O5/c1-5-34-22(20(31)13-30)12-29-14-25(15-29,18-9-7-6-8-17(18)16(2)3)24(32)28-19-11-27-23(26)10-21(19)33-4/h6-13,16H,5,14-15H2,1-4H3,(H,28,32). The second-order valence-electron chi connectivity index (χ2n) is 8.30. The van der Waals surface area contributed by atoms with Crippen molar-refractivity contribution in [1.29, 1.82) is 0 Å². The number of amides is 1. The first-order valence-corrected chi connectivity index (χ1v) is 11.3. The van der Waals surface area contributed by atoms with E-state index in [1.807, 2.05) is 24.3 Å². The molecule has 34 heavy (non-hydrogen) atoms. The first-order chi connectivity index (χ1) is 16.2. The second-order valence-corrected chi connectivity index (χ2v) is 8.69. The van der Waals surface area contributed by atoms with Gasteiger partial charge in [-0.15, -0.1) is 0 Å². The van der Waals surface area contributed by atoms with Crippen LogP contribution in [0, 0.1) is 0 Å². The third-order valence-corrected chi connectivity index (χ3v) is 5.94. The minimum atomic E-state index is -0.913. The number of ether oxygens (including phenoxy) is 2. The van der Waals surface area contributed by atoms with E-state index in [1.54, 1.807) is 11.8 Å². The van der Waals surface area contributed by atoms with Crippen LogP contribution in [-0.2, 0) is 24.5 Å². The number of methoxy groups -OCH3 is 1. The molecule has 1 aliphatic rings. The van der Waals surface area contributed by atoms with Crippen molar-refractivity contribution in [2.75, 3.05) is 32.1 Å². The van der Waals surface area contributed by atoms with Crippen molar-refractivity contribution in [2.45, 2.75) is 32.1 Å². The lowest BCUT2D eigenvalue weighted by Gasteiger charge is -2.49. The van der Waals surface area contributed by atoms with E-state index in [9.17, 15) is 14.4 Å². The lowest BCUT2D eigenvalue weighted by atomic mass is 9.70. The fourth-order valence-corrected chi connectivity index (χ4v) is 4.23. The van der Waals surface area contributed by atoms with Crippen molar-refractivity contribution in [3.8, 4) is 5.75 Å². The van der Waals surface area contributed by atoms with Crippen molar-refractivity contribution in [3.05, 3.63) is 64.8 Å². The molecule has 1 saturated heterocycles. The molecule has 0 bridgehead atoms. The molecule has 180 valence electrons. The number of nitrogens with one attached hydrogen (secondary N) is 1. The number of rotatable bonds is 10. The number of carbonyl (C=O) groups excluding carboxylic acids is 3. The molecular formula is C25H28ClN3O5. The van der Waals surface area contributed by atoms with Crippen LogP contribution in [0.2, 0.25) is 5.15 Å². The van der Waals surface area contributed by atoms with Gasteiger partial charge in [0.1, 0.15) is 22.0 Å². The van der Waals surface area contributed by atoms with Crippen molar-refractivity contribution in [3.63, 3.8) is 0 Å². The van der Waals surface area contributed by atoms with E-state index in [1.165, 1.54) is 25.6 Å². The summed E-state index contributed by atoms with van der Waals surface area (Å²) in [5, 5.41) is 3.19. The summed E-state index contributed by atoms with van der Waals surface area (Å²) in [6.45, 7) is 6.69. The molecule has 1 fully saturated rings. The van der Waals surface area contributed by atoms with E-state index < -0.39 is 11.2 Å². The second kappa shape index (κ2) is 10.7. The van der Waals surface area contributed by atoms with E-state index in [4.69, 9.17) is 21.1 Å². The average molecular weight is 486 g/mol. The first-order valence-electron chi connectivity index (χ1n) is 10.9. The molecule has 8 nitrogen and oxygen atoms in total. The number of halogens is 1. The SMILES string of the molecule is CCOC(=CN1CC(C(=O)Nc2cnc(Cl)cc2OC)(c2ccccc2C(C)C)C1)C(=O)C=O. The molecule has 0 saturated carbocycles. The van der Waals surface area contributed by atoms with Crippen molar-refractivity contribution < 1.29 is 23.9 Å². The Morgan fingerprint density at radius 3 is 2.62 bits per heavy atom. The quantitative estimate of drug-likeness (QED) is 0.180. The van der Waals surface area contributed by atoms with E-state index in [-0.39, 0.29) is 48.7 Å². The zero-order valence-corrected chi connectivity index (χ0v) is 20.4. The zero-order valence-electron chi connectivity index (χ0n) is 19.6. The lowest BCUT2D eigenvalue weighted by Crippen LogP contribution is -2.63. The summed E-state index contributed by atoms with van der Waals surface area (Å²) in [6.07, 6.45) is 3.16. The minimum Gasteiger partial charge on any atom is -0.494 e. The Balaban J connectivity index is 2.00. The smallest absolute Gasteiger partial charge is 0.261 e. The largest absolute Gasteiger partial charge is 0.494 e. The van der Waals surface area contributed by atoms with Crippen LogP contribution in [0.3, 0.4) is 0 Å². The highest BCUT2D eigenvalue weighted by Gasteiger charge is 2.51. The van der Waals surface area contributed by atoms with Gasteiger partial charge in [0.25, 0.3) is 5.78 Å². The van der Waals surface area contributed by atoms with Crippen LogP contribution in [0.4, 0.5) is 5.69 Å². The maximum absolute atomic E-state index is 13.8. The molecule has 0 radical (unpaired) electrons. The number of aromatic nitrogens is 1. The number of carbonyl (C=O) groups is 3. The Labute approximate surface area is 203 Å².